The first-order valence-corrected chi connectivity index (χ1v) is 10.9. The van der Waals surface area contributed by atoms with Crippen molar-refractivity contribution in [1.82, 2.24) is 24.5 Å². The van der Waals surface area contributed by atoms with Crippen LogP contribution < -0.4 is 19.7 Å². The zero-order valence-corrected chi connectivity index (χ0v) is 19.0. The fourth-order valence-electron chi connectivity index (χ4n) is 4.11. The van der Waals surface area contributed by atoms with Crippen molar-refractivity contribution in [2.24, 2.45) is 0 Å². The third-order valence-corrected chi connectivity index (χ3v) is 5.88. The van der Waals surface area contributed by atoms with E-state index in [1.807, 2.05) is 24.4 Å². The molecule has 0 atom stereocenters. The Kier molecular flexibility index (Phi) is 5.86. The minimum Gasteiger partial charge on any atom is -0.497 e. The van der Waals surface area contributed by atoms with Crippen LogP contribution >= 0.6 is 0 Å². The van der Waals surface area contributed by atoms with E-state index in [1.54, 1.807) is 41.8 Å². The first kappa shape index (κ1) is 21.5. The minimum atomic E-state index is -0.174. The maximum absolute atomic E-state index is 13.0. The SMILES string of the molecule is COc1ccc(NC(=O)N2CCN(c3c(-c4ccccc4)cnc4ncnn34)CC2)c(OC)c1. The second-order valence-electron chi connectivity index (χ2n) is 7.80. The number of nitrogens with one attached hydrogen (secondary N) is 1. The van der Waals surface area contributed by atoms with Gasteiger partial charge in [-0.1, -0.05) is 30.3 Å². The molecule has 0 spiro atoms. The first-order valence-electron chi connectivity index (χ1n) is 10.9. The van der Waals surface area contributed by atoms with Crippen molar-refractivity contribution in [3.8, 4) is 22.6 Å². The van der Waals surface area contributed by atoms with E-state index < -0.39 is 0 Å². The van der Waals surface area contributed by atoms with E-state index in [0.29, 0.717) is 49.1 Å². The molecule has 10 heteroatoms. The van der Waals surface area contributed by atoms with Gasteiger partial charge < -0.3 is 24.6 Å². The number of piperazine rings is 1. The van der Waals surface area contributed by atoms with Crippen LogP contribution in [-0.2, 0) is 0 Å². The molecule has 1 N–H and O–H groups in total. The van der Waals surface area contributed by atoms with E-state index in [4.69, 9.17) is 9.47 Å². The van der Waals surface area contributed by atoms with Gasteiger partial charge in [0, 0.05) is 44.0 Å². The quantitative estimate of drug-likeness (QED) is 0.490. The Morgan fingerprint density at radius 1 is 0.971 bits per heavy atom. The Bertz CT molecular complexity index is 1300. The number of hydrogen-bond donors (Lipinski definition) is 1. The van der Waals surface area contributed by atoms with Crippen LogP contribution in [0.2, 0.25) is 0 Å². The molecule has 5 rings (SSSR count). The van der Waals surface area contributed by atoms with Gasteiger partial charge in [0.05, 0.1) is 19.9 Å². The monoisotopic (exact) mass is 459 g/mol. The Balaban J connectivity index is 1.34. The maximum atomic E-state index is 13.0. The van der Waals surface area contributed by atoms with Crippen LogP contribution in [0.5, 0.6) is 11.5 Å². The normalized spacial score (nSPS) is 13.7. The molecule has 2 aromatic heterocycles. The molecule has 174 valence electrons. The van der Waals surface area contributed by atoms with E-state index >= 15 is 0 Å². The van der Waals surface area contributed by atoms with Crippen LogP contribution in [0.3, 0.4) is 0 Å². The van der Waals surface area contributed by atoms with Gasteiger partial charge in [-0.3, -0.25) is 0 Å². The fraction of sp³-hybridized carbons (Fsp3) is 0.250. The van der Waals surface area contributed by atoms with Gasteiger partial charge in [0.25, 0.3) is 5.78 Å². The topological polar surface area (TPSA) is 97.1 Å². The molecule has 0 aliphatic carbocycles. The third-order valence-electron chi connectivity index (χ3n) is 5.88. The molecule has 3 heterocycles. The summed E-state index contributed by atoms with van der Waals surface area (Å²) in [5.41, 5.74) is 2.62. The van der Waals surface area contributed by atoms with E-state index in [1.165, 1.54) is 6.33 Å². The van der Waals surface area contributed by atoms with Gasteiger partial charge in [-0.05, 0) is 17.7 Å². The molecular formula is C24H25N7O3. The van der Waals surface area contributed by atoms with E-state index in [0.717, 1.165) is 16.9 Å². The highest BCUT2D eigenvalue weighted by atomic mass is 16.5. The summed E-state index contributed by atoms with van der Waals surface area (Å²) in [4.78, 5) is 25.7. The number of anilines is 2. The molecule has 1 aliphatic rings. The Morgan fingerprint density at radius 2 is 1.76 bits per heavy atom. The molecular weight excluding hydrogens is 434 g/mol. The number of aromatic nitrogens is 4. The number of urea groups is 1. The van der Waals surface area contributed by atoms with Crippen molar-refractivity contribution in [3.63, 3.8) is 0 Å². The summed E-state index contributed by atoms with van der Waals surface area (Å²) >= 11 is 0. The Morgan fingerprint density at radius 3 is 2.50 bits per heavy atom. The lowest BCUT2D eigenvalue weighted by molar-refractivity contribution is 0.208. The van der Waals surface area contributed by atoms with Crippen molar-refractivity contribution in [2.45, 2.75) is 0 Å². The zero-order chi connectivity index (χ0) is 23.5. The predicted molar refractivity (Wildman–Crippen MR) is 129 cm³/mol. The number of nitrogens with zero attached hydrogens (tertiary/aromatic N) is 6. The highest BCUT2D eigenvalue weighted by molar-refractivity contribution is 5.91. The van der Waals surface area contributed by atoms with Gasteiger partial charge >= 0.3 is 6.03 Å². The number of hydrogen-bond acceptors (Lipinski definition) is 7. The largest absolute Gasteiger partial charge is 0.497 e. The highest BCUT2D eigenvalue weighted by Gasteiger charge is 2.26. The second-order valence-corrected chi connectivity index (χ2v) is 7.80. The van der Waals surface area contributed by atoms with Gasteiger partial charge in [0.15, 0.2) is 0 Å². The Labute approximate surface area is 196 Å². The van der Waals surface area contributed by atoms with Crippen molar-refractivity contribution in [1.29, 1.82) is 0 Å². The third kappa shape index (κ3) is 4.05. The molecule has 2 amide bonds. The Hall–Kier alpha value is -4.34. The average molecular weight is 460 g/mol. The first-order chi connectivity index (χ1) is 16.7. The van der Waals surface area contributed by atoms with E-state index in [2.05, 4.69) is 37.4 Å². The fourth-order valence-corrected chi connectivity index (χ4v) is 4.11. The summed E-state index contributed by atoms with van der Waals surface area (Å²) in [6.45, 7) is 2.39. The van der Waals surface area contributed by atoms with Crippen molar-refractivity contribution >= 4 is 23.3 Å². The van der Waals surface area contributed by atoms with Gasteiger partial charge in [0.1, 0.15) is 23.6 Å². The van der Waals surface area contributed by atoms with Crippen LogP contribution in [0.1, 0.15) is 0 Å². The maximum Gasteiger partial charge on any atom is 0.322 e. The molecule has 10 nitrogen and oxygen atoms in total. The number of methoxy groups -OCH3 is 2. The standard InChI is InChI=1S/C24H25N7O3/c1-33-18-8-9-20(21(14-18)34-2)28-24(32)30-12-10-29(11-13-30)22-19(17-6-4-3-5-7-17)15-25-23-26-16-27-31(22)23/h3-9,14-16H,10-13H2,1-2H3,(H,28,32). The minimum absolute atomic E-state index is 0.174. The molecule has 1 saturated heterocycles. The summed E-state index contributed by atoms with van der Waals surface area (Å²) in [6.07, 6.45) is 3.34. The van der Waals surface area contributed by atoms with Gasteiger partial charge in [0.2, 0.25) is 0 Å². The lowest BCUT2D eigenvalue weighted by Gasteiger charge is -2.36. The predicted octanol–water partition coefficient (Wildman–Crippen LogP) is 3.16. The van der Waals surface area contributed by atoms with Gasteiger partial charge in [-0.15, -0.1) is 0 Å². The molecule has 1 aliphatic heterocycles. The van der Waals surface area contributed by atoms with Crippen LogP contribution in [0.15, 0.2) is 61.1 Å². The van der Waals surface area contributed by atoms with Gasteiger partial charge in [-0.25, -0.2) is 9.78 Å². The number of amides is 2. The number of rotatable bonds is 5. The number of fused-ring (bicyclic) bond motifs is 1. The van der Waals surface area contributed by atoms with Crippen molar-refractivity contribution in [2.75, 3.05) is 50.6 Å². The molecule has 1 fully saturated rings. The van der Waals surface area contributed by atoms with Crippen LogP contribution in [0, 0.1) is 0 Å². The van der Waals surface area contributed by atoms with Crippen LogP contribution in [0.25, 0.3) is 16.9 Å². The smallest absolute Gasteiger partial charge is 0.322 e. The number of benzene rings is 2. The second kappa shape index (κ2) is 9.26. The molecule has 0 saturated carbocycles. The van der Waals surface area contributed by atoms with Crippen molar-refractivity contribution in [3.05, 3.63) is 61.1 Å². The summed E-state index contributed by atoms with van der Waals surface area (Å²) in [7, 11) is 3.15. The lowest BCUT2D eigenvalue weighted by Crippen LogP contribution is -2.50. The van der Waals surface area contributed by atoms with E-state index in [-0.39, 0.29) is 6.03 Å². The van der Waals surface area contributed by atoms with Crippen molar-refractivity contribution < 1.29 is 14.3 Å². The van der Waals surface area contributed by atoms with Gasteiger partial charge in [-0.2, -0.15) is 14.6 Å². The summed E-state index contributed by atoms with van der Waals surface area (Å²) < 4.78 is 12.4. The van der Waals surface area contributed by atoms with E-state index in [9.17, 15) is 4.79 Å². The summed E-state index contributed by atoms with van der Waals surface area (Å²) in [5.74, 6) is 2.67. The molecule has 0 bridgehead atoms. The van der Waals surface area contributed by atoms with Crippen LogP contribution in [-0.4, -0.2) is 70.9 Å². The molecule has 4 aromatic rings. The highest BCUT2D eigenvalue weighted by Crippen LogP contribution is 2.32. The number of ether oxygens (including phenoxy) is 2. The lowest BCUT2D eigenvalue weighted by atomic mass is 10.1. The summed E-state index contributed by atoms with van der Waals surface area (Å²) in [5, 5.41) is 7.36. The summed E-state index contributed by atoms with van der Waals surface area (Å²) in [6, 6.07) is 15.2. The molecule has 2 aromatic carbocycles. The number of carbonyl (C=O) groups is 1. The average Bonchev–Trinajstić information content (AvgIpc) is 3.38. The zero-order valence-electron chi connectivity index (χ0n) is 19.0. The number of carbonyl (C=O) groups excluding carboxylic acids is 1. The molecule has 0 unspecified atom stereocenters. The van der Waals surface area contributed by atoms with Crippen LogP contribution in [0.4, 0.5) is 16.3 Å². The molecule has 34 heavy (non-hydrogen) atoms. The molecule has 0 radical (unpaired) electrons.